The zero-order valence-corrected chi connectivity index (χ0v) is 21.6. The summed E-state index contributed by atoms with van der Waals surface area (Å²) in [6.07, 6.45) is 7.72. The lowest BCUT2D eigenvalue weighted by atomic mass is 9.65. The van der Waals surface area contributed by atoms with E-state index in [1.54, 1.807) is 6.33 Å². The molecule has 5 rings (SSSR count). The van der Waals surface area contributed by atoms with E-state index in [9.17, 15) is 9.59 Å². The SMILES string of the molecule is C[C@@H]1CN(c2ncnc3c2C2(CCC2)CN3C(=O)C2(C)CCC2)[C@@H](C)CN1C(=O)OC(C)(C)C. The van der Waals surface area contributed by atoms with Crippen molar-refractivity contribution in [3.05, 3.63) is 11.9 Å². The highest BCUT2D eigenvalue weighted by Gasteiger charge is 2.55. The van der Waals surface area contributed by atoms with Crippen LogP contribution in [0.5, 0.6) is 0 Å². The van der Waals surface area contributed by atoms with Gasteiger partial charge in [-0.3, -0.25) is 9.69 Å². The molecular formula is C26H39N5O3. The highest BCUT2D eigenvalue weighted by molar-refractivity contribution is 6.00. The van der Waals surface area contributed by atoms with E-state index < -0.39 is 5.60 Å². The van der Waals surface area contributed by atoms with E-state index in [0.717, 1.165) is 55.8 Å². The third-order valence-corrected chi connectivity index (χ3v) is 8.47. The Kier molecular flexibility index (Phi) is 5.37. The standard InChI is InChI=1S/C26H39N5O3/c1-17-14-30(23(33)34-24(3,4)5)18(2)13-29(17)20-19-21(28-16-27-20)31(15-26(19)11-8-12-26)22(32)25(6)9-7-10-25/h16-18H,7-15H2,1-6H3/t17-,18+/m0/s1. The quantitative estimate of drug-likeness (QED) is 0.644. The van der Waals surface area contributed by atoms with E-state index in [4.69, 9.17) is 9.72 Å². The molecule has 2 aliphatic heterocycles. The maximum absolute atomic E-state index is 13.6. The first-order valence-corrected chi connectivity index (χ1v) is 12.9. The van der Waals surface area contributed by atoms with Crippen LogP contribution in [-0.4, -0.2) is 64.2 Å². The summed E-state index contributed by atoms with van der Waals surface area (Å²) in [5, 5.41) is 0. The predicted octanol–water partition coefficient (Wildman–Crippen LogP) is 4.27. The summed E-state index contributed by atoms with van der Waals surface area (Å²) in [5.74, 6) is 1.99. The molecule has 3 heterocycles. The Morgan fingerprint density at radius 1 is 1.00 bits per heavy atom. The van der Waals surface area contributed by atoms with Crippen LogP contribution < -0.4 is 9.80 Å². The number of fused-ring (bicyclic) bond motifs is 2. The molecule has 1 saturated heterocycles. The zero-order chi connectivity index (χ0) is 24.5. The van der Waals surface area contributed by atoms with Crippen molar-refractivity contribution in [1.29, 1.82) is 0 Å². The van der Waals surface area contributed by atoms with Crippen LogP contribution in [0.15, 0.2) is 6.33 Å². The first-order chi connectivity index (χ1) is 15.9. The molecule has 8 heteroatoms. The number of piperazine rings is 1. The number of rotatable bonds is 2. The van der Waals surface area contributed by atoms with E-state index in [-0.39, 0.29) is 34.9 Å². The van der Waals surface area contributed by atoms with Gasteiger partial charge in [-0.25, -0.2) is 14.8 Å². The fourth-order valence-electron chi connectivity index (χ4n) is 6.14. The summed E-state index contributed by atoms with van der Waals surface area (Å²) in [7, 11) is 0. The third kappa shape index (κ3) is 3.64. The minimum atomic E-state index is -0.520. The van der Waals surface area contributed by atoms with E-state index in [0.29, 0.717) is 13.1 Å². The molecule has 4 aliphatic rings. The monoisotopic (exact) mass is 469 g/mol. The van der Waals surface area contributed by atoms with Crippen molar-refractivity contribution in [1.82, 2.24) is 14.9 Å². The van der Waals surface area contributed by atoms with Gasteiger partial charge < -0.3 is 14.5 Å². The van der Waals surface area contributed by atoms with Crippen molar-refractivity contribution in [2.24, 2.45) is 5.41 Å². The van der Waals surface area contributed by atoms with Crippen LogP contribution in [0.3, 0.4) is 0 Å². The smallest absolute Gasteiger partial charge is 0.410 e. The minimum absolute atomic E-state index is 0.0120. The van der Waals surface area contributed by atoms with Gasteiger partial charge in [-0.15, -0.1) is 0 Å². The number of carbonyl (C=O) groups is 2. The summed E-state index contributed by atoms with van der Waals surface area (Å²) in [6, 6.07) is 0.0655. The number of aromatic nitrogens is 2. The number of hydrogen-bond donors (Lipinski definition) is 0. The molecule has 2 amide bonds. The Bertz CT molecular complexity index is 995. The zero-order valence-electron chi connectivity index (χ0n) is 21.6. The Balaban J connectivity index is 1.45. The van der Waals surface area contributed by atoms with Gasteiger partial charge in [0.2, 0.25) is 5.91 Å². The maximum atomic E-state index is 13.6. The summed E-state index contributed by atoms with van der Waals surface area (Å²) in [4.78, 5) is 42.0. The molecule has 186 valence electrons. The summed E-state index contributed by atoms with van der Waals surface area (Å²) in [5.41, 5.74) is 0.349. The van der Waals surface area contributed by atoms with Crippen molar-refractivity contribution in [2.45, 2.75) is 103 Å². The Hall–Kier alpha value is -2.38. The largest absolute Gasteiger partial charge is 0.444 e. The molecule has 2 atom stereocenters. The lowest BCUT2D eigenvalue weighted by molar-refractivity contribution is -0.131. The van der Waals surface area contributed by atoms with E-state index in [1.807, 2.05) is 30.6 Å². The van der Waals surface area contributed by atoms with Crippen LogP contribution in [-0.2, 0) is 14.9 Å². The summed E-state index contributed by atoms with van der Waals surface area (Å²) in [6.45, 7) is 14.0. The van der Waals surface area contributed by atoms with Crippen LogP contribution in [0.4, 0.5) is 16.4 Å². The fraction of sp³-hybridized carbons (Fsp3) is 0.769. The van der Waals surface area contributed by atoms with Crippen LogP contribution >= 0.6 is 0 Å². The lowest BCUT2D eigenvalue weighted by Gasteiger charge is -2.46. The van der Waals surface area contributed by atoms with Crippen LogP contribution in [0, 0.1) is 5.41 Å². The summed E-state index contributed by atoms with van der Waals surface area (Å²) >= 11 is 0. The molecule has 2 saturated carbocycles. The normalized spacial score (nSPS) is 27.2. The van der Waals surface area contributed by atoms with Gasteiger partial charge in [-0.05, 0) is 60.3 Å². The Morgan fingerprint density at radius 2 is 1.65 bits per heavy atom. The first-order valence-electron chi connectivity index (χ1n) is 12.9. The van der Waals surface area contributed by atoms with Gasteiger partial charge in [-0.2, -0.15) is 0 Å². The van der Waals surface area contributed by atoms with Crippen molar-refractivity contribution in [3.8, 4) is 0 Å². The Morgan fingerprint density at radius 3 is 2.21 bits per heavy atom. The summed E-state index contributed by atoms with van der Waals surface area (Å²) < 4.78 is 5.66. The van der Waals surface area contributed by atoms with Gasteiger partial charge in [0.15, 0.2) is 0 Å². The molecule has 0 unspecified atom stereocenters. The highest BCUT2D eigenvalue weighted by Crippen LogP contribution is 2.56. The molecule has 0 aromatic carbocycles. The molecule has 8 nitrogen and oxygen atoms in total. The van der Waals surface area contributed by atoms with Crippen molar-refractivity contribution in [2.75, 3.05) is 29.4 Å². The van der Waals surface area contributed by atoms with Gasteiger partial charge >= 0.3 is 6.09 Å². The van der Waals surface area contributed by atoms with Gasteiger partial charge in [0.25, 0.3) is 0 Å². The number of hydrogen-bond acceptors (Lipinski definition) is 6. The molecule has 0 bridgehead atoms. The minimum Gasteiger partial charge on any atom is -0.444 e. The molecule has 1 aromatic heterocycles. The topological polar surface area (TPSA) is 78.9 Å². The molecule has 1 spiro atoms. The number of nitrogens with zero attached hydrogens (tertiary/aromatic N) is 5. The van der Waals surface area contributed by atoms with Gasteiger partial charge in [0.05, 0.1) is 0 Å². The molecule has 3 fully saturated rings. The second-order valence-electron chi connectivity index (χ2n) is 12.3. The Labute approximate surface area is 203 Å². The van der Waals surface area contributed by atoms with E-state index >= 15 is 0 Å². The van der Waals surface area contributed by atoms with E-state index in [1.165, 1.54) is 6.42 Å². The molecule has 0 radical (unpaired) electrons. The molecule has 0 N–H and O–H groups in total. The average Bonchev–Trinajstić information content (AvgIpc) is 3.08. The van der Waals surface area contributed by atoms with E-state index in [2.05, 4.69) is 30.7 Å². The lowest BCUT2D eigenvalue weighted by Crippen LogP contribution is -2.59. The second-order valence-corrected chi connectivity index (χ2v) is 12.3. The number of ether oxygens (including phenoxy) is 1. The van der Waals surface area contributed by atoms with Gasteiger partial charge in [0.1, 0.15) is 23.6 Å². The third-order valence-electron chi connectivity index (χ3n) is 8.47. The number of anilines is 2. The average molecular weight is 470 g/mol. The molecule has 1 aromatic rings. The van der Waals surface area contributed by atoms with Crippen LogP contribution in [0.1, 0.15) is 85.6 Å². The van der Waals surface area contributed by atoms with Crippen molar-refractivity contribution >= 4 is 23.6 Å². The molecular weight excluding hydrogens is 430 g/mol. The van der Waals surface area contributed by atoms with Crippen molar-refractivity contribution in [3.63, 3.8) is 0 Å². The fourth-order valence-corrected chi connectivity index (χ4v) is 6.14. The van der Waals surface area contributed by atoms with Crippen LogP contribution in [0.25, 0.3) is 0 Å². The maximum Gasteiger partial charge on any atom is 0.410 e. The van der Waals surface area contributed by atoms with Gasteiger partial charge in [0, 0.05) is 48.1 Å². The number of carbonyl (C=O) groups excluding carboxylic acids is 2. The molecule has 2 aliphatic carbocycles. The first kappa shape index (κ1) is 23.4. The highest BCUT2D eigenvalue weighted by atomic mass is 16.6. The van der Waals surface area contributed by atoms with Gasteiger partial charge in [-0.1, -0.05) is 19.8 Å². The predicted molar refractivity (Wildman–Crippen MR) is 131 cm³/mol. The number of amides is 2. The second kappa shape index (κ2) is 7.82. The van der Waals surface area contributed by atoms with Crippen molar-refractivity contribution < 1.29 is 14.3 Å². The molecule has 34 heavy (non-hydrogen) atoms. The van der Waals surface area contributed by atoms with Crippen LogP contribution in [0.2, 0.25) is 0 Å².